The Morgan fingerprint density at radius 1 is 0.913 bits per heavy atom. The minimum absolute atomic E-state index is 0.0922. The molecular weight excluding hydrogens is 290 g/mol. The number of rotatable bonds is 5. The Kier molecular flexibility index (Phi) is 5.74. The van der Waals surface area contributed by atoms with Crippen molar-refractivity contribution in [3.05, 3.63) is 60.2 Å². The first-order valence-corrected chi connectivity index (χ1v) is 7.55. The summed E-state index contributed by atoms with van der Waals surface area (Å²) >= 11 is 0. The molecule has 0 atom stereocenters. The van der Waals surface area contributed by atoms with Crippen LogP contribution in [0, 0.1) is 0 Å². The minimum atomic E-state index is -0.413. The Labute approximate surface area is 136 Å². The summed E-state index contributed by atoms with van der Waals surface area (Å²) in [6.07, 6.45) is 0. The van der Waals surface area contributed by atoms with Gasteiger partial charge in [0.15, 0.2) is 0 Å². The van der Waals surface area contributed by atoms with Gasteiger partial charge in [-0.1, -0.05) is 50.2 Å². The molecule has 0 spiro atoms. The molecule has 2 rings (SSSR count). The number of amides is 3. The Balaban J connectivity index is 1.85. The Morgan fingerprint density at radius 2 is 1.57 bits per heavy atom. The van der Waals surface area contributed by atoms with Gasteiger partial charge in [0, 0.05) is 11.4 Å². The molecule has 0 bridgehead atoms. The number of carbonyl (C=O) groups excluding carboxylic acids is 2. The molecule has 0 aliphatic heterocycles. The number of urea groups is 1. The van der Waals surface area contributed by atoms with Crippen LogP contribution in [0.3, 0.4) is 0 Å². The summed E-state index contributed by atoms with van der Waals surface area (Å²) in [4.78, 5) is 23.7. The lowest BCUT2D eigenvalue weighted by Crippen LogP contribution is -2.35. The predicted molar refractivity (Wildman–Crippen MR) is 92.6 cm³/mol. The second-order valence-corrected chi connectivity index (χ2v) is 5.46. The molecule has 0 aliphatic rings. The van der Waals surface area contributed by atoms with E-state index in [0.29, 0.717) is 11.6 Å². The minimum Gasteiger partial charge on any atom is -0.329 e. The topological polar surface area (TPSA) is 70.2 Å². The molecule has 0 saturated carbocycles. The third-order valence-electron chi connectivity index (χ3n) is 3.30. The molecule has 2 aromatic carbocycles. The summed E-state index contributed by atoms with van der Waals surface area (Å²) < 4.78 is 0. The maximum atomic E-state index is 12.0. The van der Waals surface area contributed by atoms with E-state index in [1.165, 1.54) is 0 Å². The highest BCUT2D eigenvalue weighted by Gasteiger charge is 2.10. The summed E-state index contributed by atoms with van der Waals surface area (Å²) in [7, 11) is 0. The van der Waals surface area contributed by atoms with E-state index in [1.807, 2.05) is 42.5 Å². The van der Waals surface area contributed by atoms with E-state index in [4.69, 9.17) is 0 Å². The largest absolute Gasteiger partial charge is 0.329 e. The van der Waals surface area contributed by atoms with Gasteiger partial charge in [-0.25, -0.2) is 4.79 Å². The van der Waals surface area contributed by atoms with Crippen LogP contribution in [0.1, 0.15) is 25.3 Å². The van der Waals surface area contributed by atoms with Crippen molar-refractivity contribution in [3.8, 4) is 0 Å². The smallest absolute Gasteiger partial charge is 0.319 e. The lowest BCUT2D eigenvalue weighted by atomic mass is 10.0. The van der Waals surface area contributed by atoms with Crippen LogP contribution in [0.2, 0.25) is 0 Å². The highest BCUT2D eigenvalue weighted by molar-refractivity contribution is 5.97. The molecule has 0 aliphatic carbocycles. The number of carbonyl (C=O) groups is 2. The fourth-order valence-electron chi connectivity index (χ4n) is 2.17. The Morgan fingerprint density at radius 3 is 2.26 bits per heavy atom. The van der Waals surface area contributed by atoms with E-state index in [2.05, 4.69) is 29.8 Å². The van der Waals surface area contributed by atoms with Crippen LogP contribution in [0.5, 0.6) is 0 Å². The molecule has 120 valence electrons. The normalized spacial score (nSPS) is 10.2. The summed E-state index contributed by atoms with van der Waals surface area (Å²) in [6, 6.07) is 16.3. The Hall–Kier alpha value is -2.82. The lowest BCUT2D eigenvalue weighted by molar-refractivity contribution is -0.115. The van der Waals surface area contributed by atoms with Crippen molar-refractivity contribution in [1.82, 2.24) is 5.32 Å². The summed E-state index contributed by atoms with van der Waals surface area (Å²) in [5, 5.41) is 8.03. The molecule has 0 saturated heterocycles. The molecule has 3 N–H and O–H groups in total. The number of anilines is 2. The van der Waals surface area contributed by atoms with E-state index in [0.717, 1.165) is 11.3 Å². The second kappa shape index (κ2) is 7.98. The standard InChI is InChI=1S/C18H21N3O2/c1-13(2)15-10-6-7-11-16(15)21-17(22)12-19-18(23)20-14-8-4-3-5-9-14/h3-11,13H,12H2,1-2H3,(H,21,22)(H2,19,20,23). The molecule has 2 aromatic rings. The van der Waals surface area contributed by atoms with Crippen LogP contribution < -0.4 is 16.0 Å². The van der Waals surface area contributed by atoms with E-state index < -0.39 is 6.03 Å². The van der Waals surface area contributed by atoms with Crippen LogP contribution in [-0.4, -0.2) is 18.5 Å². The average molecular weight is 311 g/mol. The van der Waals surface area contributed by atoms with Crippen molar-refractivity contribution >= 4 is 23.3 Å². The predicted octanol–water partition coefficient (Wildman–Crippen LogP) is 3.57. The van der Waals surface area contributed by atoms with Gasteiger partial charge < -0.3 is 16.0 Å². The SMILES string of the molecule is CC(C)c1ccccc1NC(=O)CNC(=O)Nc1ccccc1. The van der Waals surface area contributed by atoms with Gasteiger partial charge in [-0.15, -0.1) is 0 Å². The fraction of sp³-hybridized carbons (Fsp3) is 0.222. The van der Waals surface area contributed by atoms with E-state index in [1.54, 1.807) is 12.1 Å². The average Bonchev–Trinajstić information content (AvgIpc) is 2.54. The highest BCUT2D eigenvalue weighted by atomic mass is 16.2. The number of para-hydroxylation sites is 2. The molecule has 3 amide bonds. The number of nitrogens with one attached hydrogen (secondary N) is 3. The maximum Gasteiger partial charge on any atom is 0.319 e. The molecule has 5 heteroatoms. The van der Waals surface area contributed by atoms with Crippen molar-refractivity contribution in [2.75, 3.05) is 17.2 Å². The van der Waals surface area contributed by atoms with Gasteiger partial charge in [-0.05, 0) is 29.7 Å². The van der Waals surface area contributed by atoms with Crippen molar-refractivity contribution < 1.29 is 9.59 Å². The van der Waals surface area contributed by atoms with E-state index in [-0.39, 0.29) is 12.5 Å². The first kappa shape index (κ1) is 16.5. The van der Waals surface area contributed by atoms with Crippen molar-refractivity contribution in [2.45, 2.75) is 19.8 Å². The van der Waals surface area contributed by atoms with E-state index in [9.17, 15) is 9.59 Å². The zero-order valence-corrected chi connectivity index (χ0v) is 13.3. The molecule has 0 heterocycles. The number of hydrogen-bond acceptors (Lipinski definition) is 2. The summed E-state index contributed by atoms with van der Waals surface area (Å²) in [5.41, 5.74) is 2.52. The third-order valence-corrected chi connectivity index (χ3v) is 3.30. The highest BCUT2D eigenvalue weighted by Crippen LogP contribution is 2.23. The van der Waals surface area contributed by atoms with Gasteiger partial charge in [0.05, 0.1) is 6.54 Å². The fourth-order valence-corrected chi connectivity index (χ4v) is 2.17. The van der Waals surface area contributed by atoms with Crippen LogP contribution in [0.25, 0.3) is 0 Å². The molecule has 23 heavy (non-hydrogen) atoms. The van der Waals surface area contributed by atoms with Gasteiger partial charge >= 0.3 is 6.03 Å². The van der Waals surface area contributed by atoms with Crippen molar-refractivity contribution in [3.63, 3.8) is 0 Å². The van der Waals surface area contributed by atoms with Crippen LogP contribution in [0.15, 0.2) is 54.6 Å². The van der Waals surface area contributed by atoms with Gasteiger partial charge in [0.25, 0.3) is 0 Å². The molecule has 0 aromatic heterocycles. The number of benzene rings is 2. The quantitative estimate of drug-likeness (QED) is 0.790. The zero-order chi connectivity index (χ0) is 16.7. The molecule has 0 fully saturated rings. The van der Waals surface area contributed by atoms with Gasteiger partial charge in [0.1, 0.15) is 0 Å². The second-order valence-electron chi connectivity index (χ2n) is 5.46. The van der Waals surface area contributed by atoms with Gasteiger partial charge in [-0.3, -0.25) is 4.79 Å². The third kappa shape index (κ3) is 5.14. The monoisotopic (exact) mass is 311 g/mol. The van der Waals surface area contributed by atoms with Crippen LogP contribution in [-0.2, 0) is 4.79 Å². The summed E-state index contributed by atoms with van der Waals surface area (Å²) in [5.74, 6) is 0.0437. The van der Waals surface area contributed by atoms with Crippen LogP contribution >= 0.6 is 0 Å². The van der Waals surface area contributed by atoms with Crippen molar-refractivity contribution in [1.29, 1.82) is 0 Å². The maximum absolute atomic E-state index is 12.0. The molecule has 5 nitrogen and oxygen atoms in total. The zero-order valence-electron chi connectivity index (χ0n) is 13.3. The molecule has 0 unspecified atom stereocenters. The van der Waals surface area contributed by atoms with E-state index >= 15 is 0 Å². The summed E-state index contributed by atoms with van der Waals surface area (Å²) in [6.45, 7) is 4.04. The first-order valence-electron chi connectivity index (χ1n) is 7.55. The van der Waals surface area contributed by atoms with Crippen molar-refractivity contribution in [2.24, 2.45) is 0 Å². The Bertz CT molecular complexity index is 669. The van der Waals surface area contributed by atoms with Gasteiger partial charge in [0.2, 0.25) is 5.91 Å². The van der Waals surface area contributed by atoms with Gasteiger partial charge in [-0.2, -0.15) is 0 Å². The molecule has 0 radical (unpaired) electrons. The van der Waals surface area contributed by atoms with Crippen LogP contribution in [0.4, 0.5) is 16.2 Å². The molecular formula is C18H21N3O2. The lowest BCUT2D eigenvalue weighted by Gasteiger charge is -2.14. The number of hydrogen-bond donors (Lipinski definition) is 3. The first-order chi connectivity index (χ1) is 11.1.